The van der Waals surface area contributed by atoms with E-state index < -0.39 is 5.97 Å². The van der Waals surface area contributed by atoms with Gasteiger partial charge in [-0.15, -0.1) is 0 Å². The van der Waals surface area contributed by atoms with Crippen LogP contribution >= 0.6 is 0 Å². The molecule has 0 radical (unpaired) electrons. The van der Waals surface area contributed by atoms with Crippen molar-refractivity contribution in [3.63, 3.8) is 0 Å². The van der Waals surface area contributed by atoms with Crippen LogP contribution in [0.4, 0.5) is 0 Å². The predicted molar refractivity (Wildman–Crippen MR) is 90.1 cm³/mol. The van der Waals surface area contributed by atoms with Crippen LogP contribution in [0, 0.1) is 22.7 Å². The molecular formula is C19H14N2O4. The lowest BCUT2D eigenvalue weighted by molar-refractivity contribution is 0.0727. The van der Waals surface area contributed by atoms with E-state index in [9.17, 15) is 4.79 Å². The first-order valence-corrected chi connectivity index (χ1v) is 7.18. The Balaban J connectivity index is 2.24. The second kappa shape index (κ2) is 8.19. The molecule has 2 aromatic rings. The van der Waals surface area contributed by atoms with E-state index in [1.54, 1.807) is 54.6 Å². The minimum Gasteiger partial charge on any atom is -0.496 e. The minimum absolute atomic E-state index is 0.0106. The molecule has 2 aromatic carbocycles. The van der Waals surface area contributed by atoms with E-state index in [2.05, 4.69) is 0 Å². The number of rotatable bonds is 5. The van der Waals surface area contributed by atoms with Crippen molar-refractivity contribution in [2.75, 3.05) is 14.2 Å². The summed E-state index contributed by atoms with van der Waals surface area (Å²) in [5.74, 6) is 0.381. The minimum atomic E-state index is -0.618. The van der Waals surface area contributed by atoms with Crippen molar-refractivity contribution in [2.24, 2.45) is 0 Å². The Morgan fingerprint density at radius 2 is 1.52 bits per heavy atom. The van der Waals surface area contributed by atoms with E-state index in [-0.39, 0.29) is 11.1 Å². The lowest BCUT2D eigenvalue weighted by atomic mass is 10.1. The highest BCUT2D eigenvalue weighted by molar-refractivity contribution is 5.97. The van der Waals surface area contributed by atoms with Gasteiger partial charge in [0.15, 0.2) is 0 Å². The van der Waals surface area contributed by atoms with Gasteiger partial charge in [-0.1, -0.05) is 18.2 Å². The molecule has 0 aromatic heterocycles. The molecule has 0 atom stereocenters. The number of hydrogen-bond acceptors (Lipinski definition) is 6. The van der Waals surface area contributed by atoms with E-state index in [0.717, 1.165) is 0 Å². The summed E-state index contributed by atoms with van der Waals surface area (Å²) in [6, 6.07) is 14.9. The molecule has 0 saturated heterocycles. The third kappa shape index (κ3) is 4.15. The number of esters is 1. The Morgan fingerprint density at radius 1 is 0.960 bits per heavy atom. The molecule has 124 valence electrons. The summed E-state index contributed by atoms with van der Waals surface area (Å²) in [6.07, 6.45) is 1.44. The standard InChI is InChI=1S/C19H14N2O4/c1-23-16-4-3-5-17(24-2)18(16)19(22)25-15-8-6-13(7-9-15)10-14(11-20)12-21/h3-10H,1-2H3. The summed E-state index contributed by atoms with van der Waals surface area (Å²) in [6.45, 7) is 0. The lowest BCUT2D eigenvalue weighted by Crippen LogP contribution is -2.11. The van der Waals surface area contributed by atoms with Crippen LogP contribution in [0.3, 0.4) is 0 Å². The number of methoxy groups -OCH3 is 2. The van der Waals surface area contributed by atoms with Crippen LogP contribution in [-0.4, -0.2) is 20.2 Å². The first-order valence-electron chi connectivity index (χ1n) is 7.18. The highest BCUT2D eigenvalue weighted by Crippen LogP contribution is 2.29. The highest BCUT2D eigenvalue weighted by Gasteiger charge is 2.20. The van der Waals surface area contributed by atoms with Gasteiger partial charge in [-0.2, -0.15) is 10.5 Å². The summed E-state index contributed by atoms with van der Waals surface area (Å²) in [7, 11) is 2.91. The smallest absolute Gasteiger partial charge is 0.351 e. The summed E-state index contributed by atoms with van der Waals surface area (Å²) in [5, 5.41) is 17.5. The number of nitriles is 2. The Hall–Kier alpha value is -3.77. The maximum Gasteiger partial charge on any atom is 0.351 e. The van der Waals surface area contributed by atoms with Gasteiger partial charge in [-0.3, -0.25) is 0 Å². The van der Waals surface area contributed by atoms with E-state index in [1.807, 2.05) is 0 Å². The summed E-state index contributed by atoms with van der Waals surface area (Å²) >= 11 is 0. The van der Waals surface area contributed by atoms with Crippen LogP contribution in [0.1, 0.15) is 15.9 Å². The fourth-order valence-corrected chi connectivity index (χ4v) is 2.10. The van der Waals surface area contributed by atoms with E-state index in [4.69, 9.17) is 24.7 Å². The van der Waals surface area contributed by atoms with Crippen molar-refractivity contribution in [2.45, 2.75) is 0 Å². The zero-order chi connectivity index (χ0) is 18.2. The van der Waals surface area contributed by atoms with Gasteiger partial charge in [-0.25, -0.2) is 4.79 Å². The number of ether oxygens (including phenoxy) is 3. The van der Waals surface area contributed by atoms with Gasteiger partial charge in [0.25, 0.3) is 0 Å². The topological polar surface area (TPSA) is 92.3 Å². The average Bonchev–Trinajstić information content (AvgIpc) is 2.66. The maximum atomic E-state index is 12.4. The largest absolute Gasteiger partial charge is 0.496 e. The fourth-order valence-electron chi connectivity index (χ4n) is 2.10. The summed E-state index contributed by atoms with van der Waals surface area (Å²) < 4.78 is 15.7. The molecule has 6 heteroatoms. The molecule has 2 rings (SSSR count). The molecule has 0 spiro atoms. The SMILES string of the molecule is COc1cccc(OC)c1C(=O)Oc1ccc(C=C(C#N)C#N)cc1. The number of nitrogens with zero attached hydrogens (tertiary/aromatic N) is 2. The van der Waals surface area contributed by atoms with Crippen LogP contribution < -0.4 is 14.2 Å². The number of allylic oxidation sites excluding steroid dienone is 1. The fraction of sp³-hybridized carbons (Fsp3) is 0.105. The molecule has 0 amide bonds. The molecule has 0 aliphatic heterocycles. The van der Waals surface area contributed by atoms with Gasteiger partial charge in [0.2, 0.25) is 0 Å². The number of benzene rings is 2. The first-order chi connectivity index (χ1) is 12.1. The van der Waals surface area contributed by atoms with Crippen LogP contribution in [-0.2, 0) is 0 Å². The van der Waals surface area contributed by atoms with E-state index in [0.29, 0.717) is 22.8 Å². The molecule has 0 heterocycles. The van der Waals surface area contributed by atoms with E-state index in [1.165, 1.54) is 20.3 Å². The predicted octanol–water partition coefficient (Wildman–Crippen LogP) is 3.35. The monoisotopic (exact) mass is 334 g/mol. The molecule has 0 N–H and O–H groups in total. The summed E-state index contributed by atoms with van der Waals surface area (Å²) in [5.41, 5.74) is 0.823. The van der Waals surface area contributed by atoms with Crippen molar-refractivity contribution in [3.05, 3.63) is 59.2 Å². The molecule has 0 saturated carbocycles. The van der Waals surface area contributed by atoms with Gasteiger partial charge in [0.1, 0.15) is 40.5 Å². The molecule has 0 fully saturated rings. The van der Waals surface area contributed by atoms with Crippen molar-refractivity contribution in [3.8, 4) is 29.4 Å². The molecule has 0 bridgehead atoms. The Labute approximate surface area is 145 Å². The van der Waals surface area contributed by atoms with Gasteiger partial charge in [0, 0.05) is 0 Å². The van der Waals surface area contributed by atoms with Crippen LogP contribution in [0.15, 0.2) is 48.0 Å². The molecule has 6 nitrogen and oxygen atoms in total. The van der Waals surface area contributed by atoms with Crippen LogP contribution in [0.5, 0.6) is 17.2 Å². The van der Waals surface area contributed by atoms with E-state index >= 15 is 0 Å². The number of carbonyl (C=O) groups is 1. The molecule has 0 unspecified atom stereocenters. The van der Waals surface area contributed by atoms with Crippen molar-refractivity contribution >= 4 is 12.0 Å². The van der Waals surface area contributed by atoms with Crippen LogP contribution in [0.25, 0.3) is 6.08 Å². The van der Waals surface area contributed by atoms with Crippen LogP contribution in [0.2, 0.25) is 0 Å². The zero-order valence-corrected chi connectivity index (χ0v) is 13.6. The summed E-state index contributed by atoms with van der Waals surface area (Å²) in [4.78, 5) is 12.4. The average molecular weight is 334 g/mol. The van der Waals surface area contributed by atoms with Gasteiger partial charge in [0.05, 0.1) is 14.2 Å². The number of hydrogen-bond donors (Lipinski definition) is 0. The quantitative estimate of drug-likeness (QED) is 0.473. The van der Waals surface area contributed by atoms with Gasteiger partial charge >= 0.3 is 5.97 Å². The van der Waals surface area contributed by atoms with Crippen molar-refractivity contribution in [1.29, 1.82) is 10.5 Å². The Morgan fingerprint density at radius 3 is 2.00 bits per heavy atom. The van der Waals surface area contributed by atoms with Gasteiger partial charge < -0.3 is 14.2 Å². The molecule has 25 heavy (non-hydrogen) atoms. The highest BCUT2D eigenvalue weighted by atomic mass is 16.5. The maximum absolute atomic E-state index is 12.4. The molecule has 0 aliphatic rings. The van der Waals surface area contributed by atoms with Gasteiger partial charge in [-0.05, 0) is 35.9 Å². The molecule has 0 aliphatic carbocycles. The third-order valence-electron chi connectivity index (χ3n) is 3.27. The third-order valence-corrected chi connectivity index (χ3v) is 3.27. The zero-order valence-electron chi connectivity index (χ0n) is 13.6. The second-order valence-electron chi connectivity index (χ2n) is 4.78. The lowest BCUT2D eigenvalue weighted by Gasteiger charge is -2.12. The normalized spacial score (nSPS) is 9.28. The Bertz CT molecular complexity index is 849. The first kappa shape index (κ1) is 17.6. The van der Waals surface area contributed by atoms with Crippen molar-refractivity contribution < 1.29 is 19.0 Å². The Kier molecular flexibility index (Phi) is 5.76. The molecular weight excluding hydrogens is 320 g/mol. The van der Waals surface area contributed by atoms with Crippen molar-refractivity contribution in [1.82, 2.24) is 0 Å². The second-order valence-corrected chi connectivity index (χ2v) is 4.78. The number of carbonyl (C=O) groups excluding carboxylic acids is 1.